The third-order valence-electron chi connectivity index (χ3n) is 4.43. The van der Waals surface area contributed by atoms with Crippen LogP contribution in [0, 0.1) is 0 Å². The van der Waals surface area contributed by atoms with E-state index in [4.69, 9.17) is 4.74 Å². The number of hydrogen-bond acceptors (Lipinski definition) is 5. The number of benzene rings is 1. The van der Waals surface area contributed by atoms with Gasteiger partial charge in [0.1, 0.15) is 18.3 Å². The van der Waals surface area contributed by atoms with Crippen LogP contribution in [0.4, 0.5) is 4.79 Å². The van der Waals surface area contributed by atoms with Crippen molar-refractivity contribution >= 4 is 36.0 Å². The summed E-state index contributed by atoms with van der Waals surface area (Å²) in [6.07, 6.45) is 5.21. The van der Waals surface area contributed by atoms with Crippen LogP contribution in [0.15, 0.2) is 41.9 Å². The van der Waals surface area contributed by atoms with Gasteiger partial charge >= 0.3 is 6.09 Å². The number of unbranched alkanes of at least 4 members (excludes halogenated alkanes) is 1. The summed E-state index contributed by atoms with van der Waals surface area (Å²) in [5.74, 6) is 0.776. The van der Waals surface area contributed by atoms with Gasteiger partial charge in [-0.3, -0.25) is 4.99 Å². The zero-order chi connectivity index (χ0) is 22.7. The van der Waals surface area contributed by atoms with E-state index in [9.17, 15) is 4.79 Å². The third-order valence-corrected chi connectivity index (χ3v) is 4.43. The molecule has 0 aliphatic rings. The lowest BCUT2D eigenvalue weighted by molar-refractivity contribution is 0.0285. The van der Waals surface area contributed by atoms with Gasteiger partial charge in [-0.2, -0.15) is 0 Å². The Morgan fingerprint density at radius 2 is 1.72 bits per heavy atom. The van der Waals surface area contributed by atoms with Crippen LogP contribution in [0.1, 0.15) is 44.7 Å². The summed E-state index contributed by atoms with van der Waals surface area (Å²) in [7, 11) is 3.51. The number of halogens is 1. The molecule has 0 saturated heterocycles. The lowest BCUT2D eigenvalue weighted by Crippen LogP contribution is -2.37. The van der Waals surface area contributed by atoms with E-state index in [1.54, 1.807) is 31.6 Å². The maximum absolute atomic E-state index is 12.1. The zero-order valence-electron chi connectivity index (χ0n) is 19.7. The molecule has 0 spiro atoms. The van der Waals surface area contributed by atoms with Crippen LogP contribution in [0.3, 0.4) is 0 Å². The second kappa shape index (κ2) is 13.9. The summed E-state index contributed by atoms with van der Waals surface area (Å²) >= 11 is 0. The molecule has 0 fully saturated rings. The first kappa shape index (κ1) is 27.7. The number of amides is 1. The average Bonchev–Trinajstić information content (AvgIpc) is 3.23. The number of carbonyl (C=O) groups is 1. The number of aliphatic imine (C=N–C) groups is 1. The van der Waals surface area contributed by atoms with E-state index in [1.165, 1.54) is 0 Å². The van der Waals surface area contributed by atoms with Gasteiger partial charge in [0.05, 0.1) is 0 Å². The molecular formula is C22H36IN7O2. The van der Waals surface area contributed by atoms with Crippen LogP contribution in [0.2, 0.25) is 0 Å². The highest BCUT2D eigenvalue weighted by Crippen LogP contribution is 2.12. The Hall–Kier alpha value is -2.37. The minimum absolute atomic E-state index is 0. The van der Waals surface area contributed by atoms with E-state index in [-0.39, 0.29) is 30.1 Å². The number of nitrogens with zero attached hydrogens (tertiary/aromatic N) is 5. The molecule has 32 heavy (non-hydrogen) atoms. The van der Waals surface area contributed by atoms with Crippen LogP contribution in [-0.4, -0.2) is 58.0 Å². The molecule has 1 amide bonds. The number of nitrogens with one attached hydrogen (secondary N) is 2. The molecule has 0 bridgehead atoms. The SMILES string of the molecule is CN=C(NCCCCn1cnnc1)NCc1ccc(CN(C)C(=O)OC(C)(C)C)cc1.I. The molecule has 1 heterocycles. The van der Waals surface area contributed by atoms with Crippen LogP contribution in [0.5, 0.6) is 0 Å². The summed E-state index contributed by atoms with van der Waals surface area (Å²) in [6, 6.07) is 8.16. The maximum Gasteiger partial charge on any atom is 0.410 e. The van der Waals surface area contributed by atoms with Gasteiger partial charge in [-0.05, 0) is 44.7 Å². The number of rotatable bonds is 9. The molecule has 1 aromatic heterocycles. The molecule has 10 heteroatoms. The molecule has 2 rings (SSSR count). The van der Waals surface area contributed by atoms with Gasteiger partial charge in [-0.15, -0.1) is 34.2 Å². The molecule has 0 unspecified atom stereocenters. The van der Waals surface area contributed by atoms with E-state index in [1.807, 2.05) is 37.5 Å². The topological polar surface area (TPSA) is 96.7 Å². The molecular weight excluding hydrogens is 521 g/mol. The van der Waals surface area contributed by atoms with Gasteiger partial charge in [-0.25, -0.2) is 4.79 Å². The van der Waals surface area contributed by atoms with E-state index in [0.717, 1.165) is 43.0 Å². The fraction of sp³-hybridized carbons (Fsp3) is 0.545. The molecule has 1 aromatic carbocycles. The van der Waals surface area contributed by atoms with Crippen molar-refractivity contribution < 1.29 is 9.53 Å². The van der Waals surface area contributed by atoms with E-state index in [0.29, 0.717) is 13.1 Å². The Labute approximate surface area is 208 Å². The van der Waals surface area contributed by atoms with Crippen molar-refractivity contribution in [3.05, 3.63) is 48.0 Å². The number of carbonyl (C=O) groups excluding carboxylic acids is 1. The van der Waals surface area contributed by atoms with Crippen molar-refractivity contribution in [1.82, 2.24) is 30.3 Å². The normalized spacial score (nSPS) is 11.5. The van der Waals surface area contributed by atoms with Gasteiger partial charge in [0.2, 0.25) is 0 Å². The largest absolute Gasteiger partial charge is 0.444 e. The first-order valence-electron chi connectivity index (χ1n) is 10.6. The summed E-state index contributed by atoms with van der Waals surface area (Å²) in [4.78, 5) is 17.9. The number of hydrogen-bond donors (Lipinski definition) is 2. The highest BCUT2D eigenvalue weighted by molar-refractivity contribution is 14.0. The lowest BCUT2D eigenvalue weighted by Gasteiger charge is -2.24. The number of guanidine groups is 1. The first-order chi connectivity index (χ1) is 14.8. The molecule has 2 N–H and O–H groups in total. The maximum atomic E-state index is 12.1. The second-order valence-corrected chi connectivity index (χ2v) is 8.41. The zero-order valence-corrected chi connectivity index (χ0v) is 22.0. The first-order valence-corrected chi connectivity index (χ1v) is 10.6. The summed E-state index contributed by atoms with van der Waals surface area (Å²) < 4.78 is 7.36. The molecule has 0 aliphatic heterocycles. The number of aromatic nitrogens is 3. The van der Waals surface area contributed by atoms with Crippen molar-refractivity contribution in [3.8, 4) is 0 Å². The van der Waals surface area contributed by atoms with Gasteiger partial charge in [0.25, 0.3) is 0 Å². The van der Waals surface area contributed by atoms with Crippen LogP contribution in [0.25, 0.3) is 0 Å². The standard InChI is InChI=1S/C22H35N7O2.HI/c1-22(2,3)31-21(30)28(5)15-19-10-8-18(9-11-19)14-25-20(23-4)24-12-6-7-13-29-16-26-27-17-29;/h8-11,16-17H,6-7,12-15H2,1-5H3,(H2,23,24,25);1H. The quantitative estimate of drug-likeness (QED) is 0.212. The summed E-state index contributed by atoms with van der Waals surface area (Å²) in [5.41, 5.74) is 1.69. The highest BCUT2D eigenvalue weighted by Gasteiger charge is 2.19. The Bertz CT molecular complexity index is 818. The van der Waals surface area contributed by atoms with Crippen LogP contribution < -0.4 is 10.6 Å². The summed E-state index contributed by atoms with van der Waals surface area (Å²) in [6.45, 7) is 8.52. The van der Waals surface area contributed by atoms with Crippen molar-refractivity contribution in [1.29, 1.82) is 0 Å². The summed E-state index contributed by atoms with van der Waals surface area (Å²) in [5, 5.41) is 14.3. The Balaban J connectivity index is 0.00000512. The fourth-order valence-corrected chi connectivity index (χ4v) is 2.81. The van der Waals surface area contributed by atoms with Gasteiger partial charge in [-0.1, -0.05) is 24.3 Å². The van der Waals surface area contributed by atoms with Crippen molar-refractivity contribution in [2.75, 3.05) is 20.6 Å². The van der Waals surface area contributed by atoms with Gasteiger partial charge < -0.3 is 24.8 Å². The Morgan fingerprint density at radius 3 is 2.31 bits per heavy atom. The minimum Gasteiger partial charge on any atom is -0.444 e. The van der Waals surface area contributed by atoms with Crippen LogP contribution >= 0.6 is 24.0 Å². The van der Waals surface area contributed by atoms with E-state index in [2.05, 4.69) is 38.0 Å². The molecule has 178 valence electrons. The van der Waals surface area contributed by atoms with Crippen molar-refractivity contribution in [3.63, 3.8) is 0 Å². The Kier molecular flexibility index (Phi) is 12.0. The number of aryl methyl sites for hydroxylation is 1. The van der Waals surface area contributed by atoms with E-state index < -0.39 is 5.60 Å². The third kappa shape index (κ3) is 10.8. The highest BCUT2D eigenvalue weighted by atomic mass is 127. The van der Waals surface area contributed by atoms with Crippen molar-refractivity contribution in [2.45, 2.75) is 58.8 Å². The fourth-order valence-electron chi connectivity index (χ4n) is 2.81. The average molecular weight is 557 g/mol. The monoisotopic (exact) mass is 557 g/mol. The van der Waals surface area contributed by atoms with Crippen molar-refractivity contribution in [2.24, 2.45) is 4.99 Å². The molecule has 2 aromatic rings. The predicted molar refractivity (Wildman–Crippen MR) is 137 cm³/mol. The second-order valence-electron chi connectivity index (χ2n) is 8.41. The van der Waals surface area contributed by atoms with E-state index >= 15 is 0 Å². The molecule has 9 nitrogen and oxygen atoms in total. The molecule has 0 saturated carbocycles. The molecule has 0 radical (unpaired) electrons. The molecule has 0 atom stereocenters. The van der Waals surface area contributed by atoms with Crippen LogP contribution in [-0.2, 0) is 24.4 Å². The number of ether oxygens (including phenoxy) is 1. The smallest absolute Gasteiger partial charge is 0.410 e. The lowest BCUT2D eigenvalue weighted by atomic mass is 10.1. The Morgan fingerprint density at radius 1 is 1.09 bits per heavy atom. The minimum atomic E-state index is -0.495. The van der Waals surface area contributed by atoms with Gasteiger partial charge in [0, 0.05) is 40.3 Å². The molecule has 0 aliphatic carbocycles. The predicted octanol–water partition coefficient (Wildman–Crippen LogP) is 3.41. The van der Waals surface area contributed by atoms with Gasteiger partial charge in [0.15, 0.2) is 5.96 Å².